The molecule has 1 fully saturated rings. The Balaban J connectivity index is 2.14. The second-order valence-electron chi connectivity index (χ2n) is 3.25. The van der Waals surface area contributed by atoms with Crippen molar-refractivity contribution in [2.45, 2.75) is 31.6 Å². The van der Waals surface area contributed by atoms with Crippen LogP contribution in [0.5, 0.6) is 0 Å². The zero-order chi connectivity index (χ0) is 7.19. The summed E-state index contributed by atoms with van der Waals surface area (Å²) in [5, 5.41) is 0. The molecule has 0 amide bonds. The lowest BCUT2D eigenvalue weighted by Crippen LogP contribution is -2.60. The third-order valence-electron chi connectivity index (χ3n) is 2.47. The lowest BCUT2D eigenvalue weighted by atomic mass is 9.81. The van der Waals surface area contributed by atoms with Crippen LogP contribution in [0.4, 0.5) is 0 Å². The molecule has 0 saturated carbocycles. The van der Waals surface area contributed by atoms with Crippen LogP contribution < -0.4 is 5.73 Å². The van der Waals surface area contributed by atoms with Gasteiger partial charge in [-0.15, -0.1) is 0 Å². The maximum Gasteiger partial charge on any atom is 0.138 e. The number of hydrogen-bond acceptors (Lipinski definition) is 2. The molecule has 3 rings (SSSR count). The van der Waals surface area contributed by atoms with Crippen molar-refractivity contribution in [2.24, 2.45) is 11.7 Å². The molecule has 0 spiro atoms. The van der Waals surface area contributed by atoms with E-state index in [1.54, 1.807) is 0 Å². The van der Waals surface area contributed by atoms with Crippen LogP contribution in [0.3, 0.4) is 0 Å². The molecule has 2 nitrogen and oxygen atoms in total. The average molecular weight is 139 g/mol. The smallest absolute Gasteiger partial charge is 0.138 e. The van der Waals surface area contributed by atoms with E-state index in [1.807, 2.05) is 6.08 Å². The third-order valence-corrected chi connectivity index (χ3v) is 2.47. The Bertz CT molecular complexity index is 170. The van der Waals surface area contributed by atoms with Crippen LogP contribution in [0.25, 0.3) is 0 Å². The molecule has 2 bridgehead atoms. The summed E-state index contributed by atoms with van der Waals surface area (Å²) in [5.74, 6) is 0.616. The molecule has 0 aromatic rings. The molecule has 10 heavy (non-hydrogen) atoms. The highest BCUT2D eigenvalue weighted by Gasteiger charge is 2.46. The van der Waals surface area contributed by atoms with Gasteiger partial charge in [0.15, 0.2) is 0 Å². The molecule has 1 aliphatic carbocycles. The molecule has 0 aromatic heterocycles. The minimum atomic E-state index is -0.379. The molecular formula is C8H13NO. The topological polar surface area (TPSA) is 35.2 Å². The van der Waals surface area contributed by atoms with Gasteiger partial charge in [-0.1, -0.05) is 13.0 Å². The Morgan fingerprint density at radius 1 is 1.80 bits per heavy atom. The predicted octanol–water partition coefficient (Wildman–Crippen LogP) is 1.03. The average Bonchev–Trinajstić information content (AvgIpc) is 1.86. The molecule has 1 unspecified atom stereocenters. The SMILES string of the molecule is CC[C@H]1C=C[C@]2(N)CC1O2. The van der Waals surface area contributed by atoms with Crippen LogP contribution in [-0.4, -0.2) is 11.8 Å². The lowest BCUT2D eigenvalue weighted by Gasteiger charge is -2.49. The largest absolute Gasteiger partial charge is 0.353 e. The summed E-state index contributed by atoms with van der Waals surface area (Å²) < 4.78 is 5.46. The summed E-state index contributed by atoms with van der Waals surface area (Å²) in [4.78, 5) is 0. The molecule has 3 aliphatic rings. The van der Waals surface area contributed by atoms with Gasteiger partial charge in [-0.05, 0) is 12.5 Å². The number of fused-ring (bicyclic) bond motifs is 1. The van der Waals surface area contributed by atoms with Crippen molar-refractivity contribution in [3.8, 4) is 0 Å². The van der Waals surface area contributed by atoms with Crippen molar-refractivity contribution in [1.82, 2.24) is 0 Å². The van der Waals surface area contributed by atoms with Gasteiger partial charge in [0.2, 0.25) is 0 Å². The van der Waals surface area contributed by atoms with Gasteiger partial charge in [-0.25, -0.2) is 0 Å². The molecule has 1 saturated heterocycles. The molecule has 2 heteroatoms. The first kappa shape index (κ1) is 6.38. The van der Waals surface area contributed by atoms with Crippen LogP contribution in [0.2, 0.25) is 0 Å². The fourth-order valence-corrected chi connectivity index (χ4v) is 1.74. The first-order valence-electron chi connectivity index (χ1n) is 3.89. The maximum absolute atomic E-state index is 5.75. The van der Waals surface area contributed by atoms with E-state index >= 15 is 0 Å². The van der Waals surface area contributed by atoms with E-state index in [1.165, 1.54) is 0 Å². The molecule has 0 aromatic carbocycles. The number of ether oxygens (including phenoxy) is 1. The molecule has 2 N–H and O–H groups in total. The van der Waals surface area contributed by atoms with Crippen LogP contribution in [0, 0.1) is 5.92 Å². The number of rotatable bonds is 1. The van der Waals surface area contributed by atoms with Gasteiger partial charge in [0.05, 0.1) is 6.10 Å². The Morgan fingerprint density at radius 2 is 2.50 bits per heavy atom. The molecular weight excluding hydrogens is 126 g/mol. The van der Waals surface area contributed by atoms with E-state index in [2.05, 4.69) is 13.0 Å². The van der Waals surface area contributed by atoms with Crippen LogP contribution in [-0.2, 0) is 4.74 Å². The second kappa shape index (κ2) is 1.83. The van der Waals surface area contributed by atoms with E-state index in [4.69, 9.17) is 10.5 Å². The maximum atomic E-state index is 5.75. The predicted molar refractivity (Wildman–Crippen MR) is 39.3 cm³/mol. The Labute approximate surface area is 61.0 Å². The minimum Gasteiger partial charge on any atom is -0.353 e. The van der Waals surface area contributed by atoms with Gasteiger partial charge in [-0.3, -0.25) is 0 Å². The second-order valence-corrected chi connectivity index (χ2v) is 3.25. The lowest BCUT2D eigenvalue weighted by molar-refractivity contribution is -0.198. The first-order valence-corrected chi connectivity index (χ1v) is 3.89. The monoisotopic (exact) mass is 139 g/mol. The van der Waals surface area contributed by atoms with Gasteiger partial charge >= 0.3 is 0 Å². The van der Waals surface area contributed by atoms with Crippen LogP contribution in [0.15, 0.2) is 12.2 Å². The standard InChI is InChI=1S/C8H13NO/c1-2-6-3-4-8(9)5-7(6)10-8/h3-4,6-7H,2,5,9H2,1H3/t6-,7?,8+/m0/s1. The number of hydrogen-bond donors (Lipinski definition) is 1. The van der Waals surface area contributed by atoms with E-state index in [9.17, 15) is 0 Å². The summed E-state index contributed by atoms with van der Waals surface area (Å²) >= 11 is 0. The summed E-state index contributed by atoms with van der Waals surface area (Å²) in [6, 6.07) is 0. The van der Waals surface area contributed by atoms with E-state index < -0.39 is 0 Å². The molecule has 56 valence electrons. The molecule has 2 heterocycles. The summed E-state index contributed by atoms with van der Waals surface area (Å²) in [7, 11) is 0. The Morgan fingerprint density at radius 3 is 2.90 bits per heavy atom. The van der Waals surface area contributed by atoms with Gasteiger partial charge in [0.1, 0.15) is 5.72 Å². The quantitative estimate of drug-likeness (QED) is 0.550. The number of nitrogens with two attached hydrogens (primary N) is 1. The van der Waals surface area contributed by atoms with Crippen molar-refractivity contribution >= 4 is 0 Å². The summed E-state index contributed by atoms with van der Waals surface area (Å²) in [5.41, 5.74) is 5.37. The highest BCUT2D eigenvalue weighted by Crippen LogP contribution is 2.40. The fourth-order valence-electron chi connectivity index (χ4n) is 1.74. The van der Waals surface area contributed by atoms with Gasteiger partial charge < -0.3 is 10.5 Å². The Hall–Kier alpha value is -0.340. The molecule has 3 atom stereocenters. The fraction of sp³-hybridized carbons (Fsp3) is 0.750. The highest BCUT2D eigenvalue weighted by atomic mass is 16.5. The summed E-state index contributed by atoms with van der Waals surface area (Å²) in [6.45, 7) is 2.18. The first-order chi connectivity index (χ1) is 4.73. The van der Waals surface area contributed by atoms with Crippen molar-refractivity contribution in [3.05, 3.63) is 12.2 Å². The van der Waals surface area contributed by atoms with Crippen molar-refractivity contribution < 1.29 is 4.74 Å². The molecule has 2 aliphatic heterocycles. The van der Waals surface area contributed by atoms with Crippen LogP contribution in [0.1, 0.15) is 19.8 Å². The van der Waals surface area contributed by atoms with E-state index in [-0.39, 0.29) is 5.72 Å². The van der Waals surface area contributed by atoms with E-state index in [0.29, 0.717) is 12.0 Å². The summed E-state index contributed by atoms with van der Waals surface area (Å²) in [6.07, 6.45) is 6.79. The van der Waals surface area contributed by atoms with E-state index in [0.717, 1.165) is 12.8 Å². The van der Waals surface area contributed by atoms with Gasteiger partial charge in [0, 0.05) is 12.3 Å². The minimum absolute atomic E-state index is 0.379. The van der Waals surface area contributed by atoms with Crippen molar-refractivity contribution in [3.63, 3.8) is 0 Å². The van der Waals surface area contributed by atoms with Gasteiger partial charge in [0.25, 0.3) is 0 Å². The zero-order valence-electron chi connectivity index (χ0n) is 6.21. The van der Waals surface area contributed by atoms with Crippen LogP contribution >= 0.6 is 0 Å². The van der Waals surface area contributed by atoms with Crippen molar-refractivity contribution in [2.75, 3.05) is 0 Å². The zero-order valence-corrected chi connectivity index (χ0v) is 6.21. The van der Waals surface area contributed by atoms with Crippen molar-refractivity contribution in [1.29, 1.82) is 0 Å². The molecule has 0 radical (unpaired) electrons. The third kappa shape index (κ3) is 0.724. The Kier molecular flexibility index (Phi) is 1.17. The van der Waals surface area contributed by atoms with Gasteiger partial charge in [-0.2, -0.15) is 0 Å². The normalized spacial score (nSPS) is 50.6. The highest BCUT2D eigenvalue weighted by molar-refractivity contribution is 5.15.